The van der Waals surface area contributed by atoms with E-state index in [1.807, 2.05) is 0 Å². The van der Waals surface area contributed by atoms with E-state index >= 15 is 0 Å². The van der Waals surface area contributed by atoms with Crippen molar-refractivity contribution >= 4 is 47.8 Å². The molecule has 16 nitrogen and oxygen atoms in total. The first-order valence-corrected chi connectivity index (χ1v) is 37.8. The number of unbranched alkanes of at least 4 members (excludes halogenated alkanes) is 40. The molecule has 0 aromatic carbocycles. The maximum absolute atomic E-state index is 11.5. The number of carbonyl (C=O) groups excluding carboxylic acids is 8. The first-order valence-electron chi connectivity index (χ1n) is 37.8. The summed E-state index contributed by atoms with van der Waals surface area (Å²) in [5, 5.41) is 91.7. The zero-order chi connectivity index (χ0) is 70.2. The van der Waals surface area contributed by atoms with Crippen LogP contribution in [0.3, 0.4) is 0 Å². The third-order valence-electron chi connectivity index (χ3n) is 18.8. The van der Waals surface area contributed by atoms with E-state index in [2.05, 4.69) is 55.4 Å². The van der Waals surface area contributed by atoms with Crippen LogP contribution in [0.25, 0.3) is 0 Å². The summed E-state index contributed by atoms with van der Waals surface area (Å²) in [6, 6.07) is 0. The summed E-state index contributed by atoms with van der Waals surface area (Å²) in [5.41, 5.74) is -7.18. The van der Waals surface area contributed by atoms with Crippen molar-refractivity contribution in [2.45, 2.75) is 415 Å². The average Bonchev–Trinajstić information content (AvgIpc) is 0.901. The van der Waals surface area contributed by atoms with E-state index in [0.717, 1.165) is 205 Å². The maximum Gasteiger partial charge on any atom is 4.00 e. The van der Waals surface area contributed by atoms with Crippen LogP contribution in [-0.2, 0) is 81.8 Å². The van der Waals surface area contributed by atoms with Gasteiger partial charge in [-0.15, -0.1) is 0 Å². The molecule has 0 unspecified atom stereocenters. The van der Waals surface area contributed by atoms with Crippen LogP contribution in [0.1, 0.15) is 415 Å². The Hall–Kier alpha value is -2.81. The quantitative estimate of drug-likeness (QED) is 0.0310. The van der Waals surface area contributed by atoms with Crippen molar-refractivity contribution in [1.82, 2.24) is 0 Å². The minimum Gasteiger partial charge on any atom is -0.549 e. The molecule has 0 saturated heterocycles. The van der Waals surface area contributed by atoms with Crippen molar-refractivity contribution < 1.29 is 123 Å². The molecule has 0 spiro atoms. The second-order valence-corrected chi connectivity index (χ2v) is 26.8. The van der Waals surface area contributed by atoms with Gasteiger partial charge in [0.2, 0.25) is 0 Å². The van der Waals surface area contributed by atoms with E-state index < -0.39 is 69.4 Å². The third-order valence-corrected chi connectivity index (χ3v) is 18.8. The van der Waals surface area contributed by atoms with E-state index in [1.54, 1.807) is 0 Å². The fraction of sp³-hybridized carbons (Fsp3) is 0.895. The van der Waals surface area contributed by atoms with Crippen LogP contribution in [0.2, 0.25) is 0 Å². The molecule has 94 heavy (non-hydrogen) atoms. The Labute approximate surface area is 603 Å². The molecule has 0 aliphatic heterocycles. The summed E-state index contributed by atoms with van der Waals surface area (Å²) in [7, 11) is 0. The number of carboxylic acids is 8. The second kappa shape index (κ2) is 70.1. The Bertz CT molecular complexity index is 1440. The van der Waals surface area contributed by atoms with Gasteiger partial charge in [-0.3, -0.25) is 0 Å². The van der Waals surface area contributed by atoms with Crippen LogP contribution >= 0.6 is 0 Å². The van der Waals surface area contributed by atoms with Gasteiger partial charge in [-0.25, -0.2) is 0 Å². The third kappa shape index (κ3) is 50.5. The van der Waals surface area contributed by atoms with Gasteiger partial charge in [-0.1, -0.05) is 364 Å². The minimum absolute atomic E-state index is 0. The predicted octanol–water partition coefficient (Wildman–Crippen LogP) is 11.9. The van der Waals surface area contributed by atoms with Gasteiger partial charge in [0.1, 0.15) is 0 Å². The summed E-state index contributed by atoms with van der Waals surface area (Å²) >= 11 is 0. The summed E-state index contributed by atoms with van der Waals surface area (Å²) in [6.45, 7) is 17.1. The Kier molecular flexibility index (Phi) is 76.2. The van der Waals surface area contributed by atoms with Gasteiger partial charge in [0.05, 0.1) is 47.8 Å². The van der Waals surface area contributed by atoms with Crippen LogP contribution < -0.4 is 40.9 Å². The summed E-state index contributed by atoms with van der Waals surface area (Å²) < 4.78 is 0. The summed E-state index contributed by atoms with van der Waals surface area (Å²) in [6.07, 6.45) is 48.8. The number of carbonyl (C=O) groups is 8. The molecule has 0 bridgehead atoms. The number of aliphatic carboxylic acids is 8. The molecule has 18 heteroatoms. The van der Waals surface area contributed by atoms with E-state index in [0.29, 0.717) is 51.4 Å². The van der Waals surface area contributed by atoms with Gasteiger partial charge in [0, 0.05) is 21.7 Å². The summed E-state index contributed by atoms with van der Waals surface area (Å²) in [5.74, 6) is -11.8. The molecule has 0 radical (unpaired) electrons. The molecular formula is C76H136O16Ti2. The zero-order valence-corrected chi connectivity index (χ0v) is 64.3. The minimum atomic E-state index is -1.80. The number of rotatable bonds is 64. The van der Waals surface area contributed by atoms with E-state index in [9.17, 15) is 79.2 Å². The fourth-order valence-electron chi connectivity index (χ4n) is 12.1. The van der Waals surface area contributed by atoms with Crippen molar-refractivity contribution in [3.8, 4) is 0 Å². The molecule has 544 valence electrons. The van der Waals surface area contributed by atoms with Crippen LogP contribution in [0.15, 0.2) is 0 Å². The molecule has 0 heterocycles. The molecule has 0 atom stereocenters. The molecule has 0 aliphatic rings. The standard InChI is InChI=1S/4C19H36O4.2Ti/c4*1-3-5-7-9-11-13-15-19(17(20)21,18(22)23)16-14-12-10-8-6-4-2;;/h4*3-16H2,1-2H3,(H,20,21)(H,22,23);;/q;;;;2*+4/p-8. The van der Waals surface area contributed by atoms with Crippen molar-refractivity contribution in [3.63, 3.8) is 0 Å². The molecule has 0 N–H and O–H groups in total. The predicted molar refractivity (Wildman–Crippen MR) is 354 cm³/mol. The largest absolute Gasteiger partial charge is 4.00 e. The van der Waals surface area contributed by atoms with Crippen LogP contribution in [0.4, 0.5) is 0 Å². The van der Waals surface area contributed by atoms with Gasteiger partial charge in [-0.2, -0.15) is 0 Å². The molecule has 0 rings (SSSR count). The molecule has 0 saturated carbocycles. The molecule has 0 aromatic rings. The molecule has 0 amide bonds. The Balaban J connectivity index is -0.000000273. The fourth-order valence-corrected chi connectivity index (χ4v) is 12.1. The Morgan fingerprint density at radius 2 is 0.234 bits per heavy atom. The maximum atomic E-state index is 11.5. The molecule has 0 aromatic heterocycles. The molecular weight excluding hydrogens is 1260 g/mol. The molecule has 0 fully saturated rings. The first-order chi connectivity index (χ1) is 44.0. The number of hydrogen-bond donors (Lipinski definition) is 0. The average molecular weight is 1400 g/mol. The Morgan fingerprint density at radius 3 is 0.309 bits per heavy atom. The van der Waals surface area contributed by atoms with Gasteiger partial charge >= 0.3 is 43.4 Å². The van der Waals surface area contributed by atoms with Crippen LogP contribution in [0.5, 0.6) is 0 Å². The molecule has 0 aliphatic carbocycles. The van der Waals surface area contributed by atoms with Crippen molar-refractivity contribution in [3.05, 3.63) is 0 Å². The van der Waals surface area contributed by atoms with Gasteiger partial charge in [0.25, 0.3) is 0 Å². The van der Waals surface area contributed by atoms with Gasteiger partial charge < -0.3 is 79.2 Å². The van der Waals surface area contributed by atoms with Crippen LogP contribution in [-0.4, -0.2) is 47.8 Å². The van der Waals surface area contributed by atoms with E-state index in [-0.39, 0.29) is 94.8 Å². The van der Waals surface area contributed by atoms with Crippen molar-refractivity contribution in [2.75, 3.05) is 0 Å². The number of carboxylic acid groups (broad SMARTS) is 8. The Morgan fingerprint density at radius 1 is 0.160 bits per heavy atom. The van der Waals surface area contributed by atoms with E-state index in [4.69, 9.17) is 0 Å². The van der Waals surface area contributed by atoms with Gasteiger partial charge in [0.15, 0.2) is 0 Å². The van der Waals surface area contributed by atoms with Gasteiger partial charge in [-0.05, 0) is 51.4 Å². The monoisotopic (exact) mass is 1400 g/mol. The van der Waals surface area contributed by atoms with E-state index in [1.165, 1.54) is 51.4 Å². The summed E-state index contributed by atoms with van der Waals surface area (Å²) in [4.78, 5) is 91.7. The normalized spacial score (nSPS) is 11.3. The SMILES string of the molecule is CCCCCCCCC(CCCCCCCC)(C(=O)[O-])C(=O)[O-].CCCCCCCCC(CCCCCCCC)(C(=O)[O-])C(=O)[O-].CCCCCCCCC(CCCCCCCC)(C(=O)[O-])C(=O)[O-].CCCCCCCCC(CCCCCCCC)(C(=O)[O-])C(=O)[O-].[Ti+4].[Ti+4]. The van der Waals surface area contributed by atoms with Crippen molar-refractivity contribution in [2.24, 2.45) is 21.7 Å². The smallest absolute Gasteiger partial charge is 0.549 e. The van der Waals surface area contributed by atoms with Crippen LogP contribution in [0, 0.1) is 21.7 Å². The topological polar surface area (TPSA) is 321 Å². The first kappa shape index (κ1) is 102. The second-order valence-electron chi connectivity index (χ2n) is 26.8. The zero-order valence-electron chi connectivity index (χ0n) is 61.1. The van der Waals surface area contributed by atoms with Crippen molar-refractivity contribution in [1.29, 1.82) is 0 Å². The number of hydrogen-bond acceptors (Lipinski definition) is 16.